The molecule has 0 amide bonds. The number of hydrogen-bond acceptors (Lipinski definition) is 2. The van der Waals surface area contributed by atoms with Gasteiger partial charge in [0.05, 0.1) is 18.6 Å². The maximum absolute atomic E-state index is 9.71. The molecule has 1 aliphatic rings. The topological polar surface area (TPSA) is 33.4 Å². The lowest BCUT2D eigenvalue weighted by Gasteiger charge is -2.27. The zero-order valence-corrected chi connectivity index (χ0v) is 7.78. The number of furan rings is 1. The van der Waals surface area contributed by atoms with E-state index in [-0.39, 0.29) is 6.10 Å². The zero-order chi connectivity index (χ0) is 9.10. The van der Waals surface area contributed by atoms with E-state index in [4.69, 9.17) is 4.42 Å². The van der Waals surface area contributed by atoms with Gasteiger partial charge in [0.25, 0.3) is 0 Å². The van der Waals surface area contributed by atoms with Crippen molar-refractivity contribution < 1.29 is 9.52 Å². The van der Waals surface area contributed by atoms with Gasteiger partial charge in [0.1, 0.15) is 0 Å². The van der Waals surface area contributed by atoms with E-state index in [2.05, 4.69) is 0 Å². The molecule has 1 N–H and O–H groups in total. The fraction of sp³-hybridized carbons (Fsp3) is 0.636. The largest absolute Gasteiger partial charge is 0.472 e. The van der Waals surface area contributed by atoms with Gasteiger partial charge in [0.15, 0.2) is 0 Å². The molecule has 0 bridgehead atoms. The van der Waals surface area contributed by atoms with E-state index in [0.29, 0.717) is 0 Å². The van der Waals surface area contributed by atoms with Gasteiger partial charge < -0.3 is 9.52 Å². The third-order valence-corrected chi connectivity index (χ3v) is 2.88. The average Bonchev–Trinajstić information content (AvgIpc) is 2.49. The van der Waals surface area contributed by atoms with Crippen molar-refractivity contribution in [2.24, 2.45) is 5.92 Å². The van der Waals surface area contributed by atoms with Gasteiger partial charge in [0, 0.05) is 6.42 Å². The summed E-state index contributed by atoms with van der Waals surface area (Å²) >= 11 is 0. The molecule has 2 rings (SSSR count). The Bertz CT molecular complexity index is 237. The van der Waals surface area contributed by atoms with Crippen molar-refractivity contribution in [2.45, 2.75) is 38.2 Å². The Morgan fingerprint density at radius 1 is 1.54 bits per heavy atom. The molecule has 1 unspecified atom stereocenters. The Morgan fingerprint density at radius 3 is 2.92 bits per heavy atom. The molecule has 2 heteroatoms. The van der Waals surface area contributed by atoms with E-state index in [1.165, 1.54) is 19.3 Å². The second-order valence-corrected chi connectivity index (χ2v) is 4.02. The van der Waals surface area contributed by atoms with E-state index < -0.39 is 0 Å². The normalized spacial score (nSPS) is 19.8. The lowest BCUT2D eigenvalue weighted by atomic mass is 9.81. The Balaban J connectivity index is 1.74. The van der Waals surface area contributed by atoms with Crippen molar-refractivity contribution in [1.82, 2.24) is 0 Å². The van der Waals surface area contributed by atoms with Gasteiger partial charge >= 0.3 is 0 Å². The summed E-state index contributed by atoms with van der Waals surface area (Å²) in [7, 11) is 0. The fourth-order valence-electron chi connectivity index (χ4n) is 1.88. The van der Waals surface area contributed by atoms with Crippen LogP contribution in [-0.2, 0) is 6.42 Å². The molecule has 1 atom stereocenters. The number of aliphatic hydroxyl groups is 1. The van der Waals surface area contributed by atoms with Gasteiger partial charge in [-0.2, -0.15) is 0 Å². The highest BCUT2D eigenvalue weighted by Crippen LogP contribution is 2.31. The lowest BCUT2D eigenvalue weighted by Crippen LogP contribution is -2.20. The van der Waals surface area contributed by atoms with Gasteiger partial charge in [-0.15, -0.1) is 0 Å². The van der Waals surface area contributed by atoms with Crippen LogP contribution in [0.25, 0.3) is 0 Å². The third kappa shape index (κ3) is 2.34. The highest BCUT2D eigenvalue weighted by atomic mass is 16.3. The van der Waals surface area contributed by atoms with Crippen molar-refractivity contribution in [3.05, 3.63) is 24.2 Å². The lowest BCUT2D eigenvalue weighted by molar-refractivity contribution is 0.117. The standard InChI is InChI=1S/C11H16O2/c12-11(6-9-2-1-3-9)7-10-4-5-13-8-10/h4-5,8-9,11-12H,1-3,6-7H2. The molecule has 1 heterocycles. The summed E-state index contributed by atoms with van der Waals surface area (Å²) in [5, 5.41) is 9.71. The number of hydrogen-bond donors (Lipinski definition) is 1. The summed E-state index contributed by atoms with van der Waals surface area (Å²) in [5.41, 5.74) is 1.10. The maximum Gasteiger partial charge on any atom is 0.0935 e. The van der Waals surface area contributed by atoms with Crippen molar-refractivity contribution in [2.75, 3.05) is 0 Å². The van der Waals surface area contributed by atoms with Gasteiger partial charge in [0.2, 0.25) is 0 Å². The Morgan fingerprint density at radius 2 is 2.38 bits per heavy atom. The maximum atomic E-state index is 9.71. The Labute approximate surface area is 78.6 Å². The van der Waals surface area contributed by atoms with Crippen molar-refractivity contribution in [3.63, 3.8) is 0 Å². The molecule has 1 aliphatic carbocycles. The smallest absolute Gasteiger partial charge is 0.0935 e. The van der Waals surface area contributed by atoms with Crippen molar-refractivity contribution >= 4 is 0 Å². The van der Waals surface area contributed by atoms with Crippen LogP contribution in [0.15, 0.2) is 23.0 Å². The molecule has 13 heavy (non-hydrogen) atoms. The minimum absolute atomic E-state index is 0.178. The van der Waals surface area contributed by atoms with Crippen LogP contribution in [0.4, 0.5) is 0 Å². The summed E-state index contributed by atoms with van der Waals surface area (Å²) in [6, 6.07) is 1.92. The van der Waals surface area contributed by atoms with Crippen LogP contribution >= 0.6 is 0 Å². The Hall–Kier alpha value is -0.760. The van der Waals surface area contributed by atoms with E-state index >= 15 is 0 Å². The van der Waals surface area contributed by atoms with Crippen LogP contribution < -0.4 is 0 Å². The molecule has 0 radical (unpaired) electrons. The summed E-state index contributed by atoms with van der Waals surface area (Å²) in [6.07, 6.45) is 8.87. The molecule has 0 aliphatic heterocycles. The van der Waals surface area contributed by atoms with Gasteiger partial charge in [-0.05, 0) is 24.0 Å². The van der Waals surface area contributed by atoms with E-state index in [1.54, 1.807) is 12.5 Å². The predicted molar refractivity (Wildman–Crippen MR) is 50.4 cm³/mol. The first-order valence-corrected chi connectivity index (χ1v) is 5.04. The SMILES string of the molecule is OC(Cc1ccoc1)CC1CCC1. The quantitative estimate of drug-likeness (QED) is 0.771. The van der Waals surface area contributed by atoms with Crippen LogP contribution in [0.3, 0.4) is 0 Å². The number of rotatable bonds is 4. The van der Waals surface area contributed by atoms with Crippen LogP contribution in [0.2, 0.25) is 0 Å². The van der Waals surface area contributed by atoms with E-state index in [0.717, 1.165) is 24.3 Å². The second kappa shape index (κ2) is 3.97. The van der Waals surface area contributed by atoms with Crippen LogP contribution in [0.1, 0.15) is 31.2 Å². The first kappa shape index (κ1) is 8.82. The molecule has 0 spiro atoms. The molecule has 2 nitrogen and oxygen atoms in total. The number of aliphatic hydroxyl groups excluding tert-OH is 1. The highest BCUT2D eigenvalue weighted by molar-refractivity contribution is 5.06. The first-order chi connectivity index (χ1) is 6.34. The van der Waals surface area contributed by atoms with Gasteiger partial charge in [-0.3, -0.25) is 0 Å². The molecule has 1 saturated carbocycles. The molecule has 0 aromatic carbocycles. The molecule has 1 aromatic rings. The Kier molecular flexibility index (Phi) is 2.69. The highest BCUT2D eigenvalue weighted by Gasteiger charge is 2.20. The second-order valence-electron chi connectivity index (χ2n) is 4.02. The predicted octanol–water partition coefficient (Wildman–Crippen LogP) is 2.37. The fourth-order valence-corrected chi connectivity index (χ4v) is 1.88. The molecule has 1 fully saturated rings. The van der Waals surface area contributed by atoms with Crippen molar-refractivity contribution in [3.8, 4) is 0 Å². The summed E-state index contributed by atoms with van der Waals surface area (Å²) in [5.74, 6) is 0.780. The van der Waals surface area contributed by atoms with E-state index in [1.807, 2.05) is 6.07 Å². The summed E-state index contributed by atoms with van der Waals surface area (Å²) in [6.45, 7) is 0. The minimum atomic E-state index is -0.178. The van der Waals surface area contributed by atoms with Gasteiger partial charge in [-0.1, -0.05) is 19.3 Å². The molecular weight excluding hydrogens is 164 g/mol. The molecular formula is C11H16O2. The summed E-state index contributed by atoms with van der Waals surface area (Å²) in [4.78, 5) is 0. The zero-order valence-electron chi connectivity index (χ0n) is 7.78. The first-order valence-electron chi connectivity index (χ1n) is 5.04. The minimum Gasteiger partial charge on any atom is -0.472 e. The average molecular weight is 180 g/mol. The van der Waals surface area contributed by atoms with E-state index in [9.17, 15) is 5.11 Å². The summed E-state index contributed by atoms with van der Waals surface area (Å²) < 4.78 is 4.95. The molecule has 72 valence electrons. The third-order valence-electron chi connectivity index (χ3n) is 2.88. The van der Waals surface area contributed by atoms with Crippen LogP contribution in [0.5, 0.6) is 0 Å². The van der Waals surface area contributed by atoms with Gasteiger partial charge in [-0.25, -0.2) is 0 Å². The monoisotopic (exact) mass is 180 g/mol. The molecule has 1 aromatic heterocycles. The van der Waals surface area contributed by atoms with Crippen LogP contribution in [0, 0.1) is 5.92 Å². The van der Waals surface area contributed by atoms with Crippen molar-refractivity contribution in [1.29, 1.82) is 0 Å². The van der Waals surface area contributed by atoms with Crippen LogP contribution in [-0.4, -0.2) is 11.2 Å². The molecule has 0 saturated heterocycles.